The van der Waals surface area contributed by atoms with E-state index in [0.29, 0.717) is 12.1 Å². The van der Waals surface area contributed by atoms with Gasteiger partial charge in [-0.2, -0.15) is 26.3 Å². The summed E-state index contributed by atoms with van der Waals surface area (Å²) in [6, 6.07) is 4.39. The molecule has 0 radical (unpaired) electrons. The summed E-state index contributed by atoms with van der Waals surface area (Å²) in [7, 11) is 0. The second kappa shape index (κ2) is 7.20. The fourth-order valence-electron chi connectivity index (χ4n) is 1.86. The topological polar surface area (TPSA) is 31.4 Å². The van der Waals surface area contributed by atoms with Crippen LogP contribution in [0.4, 0.5) is 26.3 Å². The van der Waals surface area contributed by atoms with Crippen molar-refractivity contribution >= 4 is 0 Å². The summed E-state index contributed by atoms with van der Waals surface area (Å²) in [5.74, 6) is -0.267. The Kier molecular flexibility index (Phi) is 5.44. The standard InChI is InChI=1S/C16H13F6NO2/c1-10-2-3-14(23-9-10)25-5-4-24-13-7-11(15(17,18)19)6-12(8-13)16(20,21)22/h2-3,6-9H,4-5H2,1H3. The van der Waals surface area contributed by atoms with Gasteiger partial charge in [-0.1, -0.05) is 6.07 Å². The van der Waals surface area contributed by atoms with Crippen LogP contribution in [0, 0.1) is 6.92 Å². The van der Waals surface area contributed by atoms with Gasteiger partial charge in [-0.15, -0.1) is 0 Å². The minimum atomic E-state index is -4.91. The van der Waals surface area contributed by atoms with E-state index in [2.05, 4.69) is 4.98 Å². The van der Waals surface area contributed by atoms with Crippen LogP contribution in [0.1, 0.15) is 16.7 Å². The molecule has 0 spiro atoms. The van der Waals surface area contributed by atoms with Gasteiger partial charge in [0.1, 0.15) is 19.0 Å². The zero-order valence-corrected chi connectivity index (χ0v) is 12.9. The molecule has 0 fully saturated rings. The van der Waals surface area contributed by atoms with E-state index < -0.39 is 29.2 Å². The number of pyridine rings is 1. The maximum atomic E-state index is 12.7. The smallest absolute Gasteiger partial charge is 0.416 e. The van der Waals surface area contributed by atoms with Crippen LogP contribution < -0.4 is 9.47 Å². The molecular weight excluding hydrogens is 352 g/mol. The fraction of sp³-hybridized carbons (Fsp3) is 0.312. The number of halogens is 6. The molecule has 0 aliphatic rings. The Morgan fingerprint density at radius 2 is 1.40 bits per heavy atom. The first-order valence-corrected chi connectivity index (χ1v) is 7.03. The van der Waals surface area contributed by atoms with Crippen molar-refractivity contribution in [1.82, 2.24) is 4.98 Å². The molecule has 25 heavy (non-hydrogen) atoms. The van der Waals surface area contributed by atoms with Crippen LogP contribution in [0.5, 0.6) is 11.6 Å². The molecule has 0 unspecified atom stereocenters. The molecular formula is C16H13F6NO2. The van der Waals surface area contributed by atoms with Crippen molar-refractivity contribution in [3.63, 3.8) is 0 Å². The number of alkyl halides is 6. The molecule has 0 aliphatic heterocycles. The van der Waals surface area contributed by atoms with Crippen LogP contribution >= 0.6 is 0 Å². The zero-order valence-electron chi connectivity index (χ0n) is 12.9. The highest BCUT2D eigenvalue weighted by molar-refractivity contribution is 5.37. The van der Waals surface area contributed by atoms with Crippen LogP contribution in [0.15, 0.2) is 36.5 Å². The Labute approximate surface area is 139 Å². The first-order valence-electron chi connectivity index (χ1n) is 7.03. The molecule has 0 amide bonds. The van der Waals surface area contributed by atoms with Crippen molar-refractivity contribution in [2.45, 2.75) is 19.3 Å². The highest BCUT2D eigenvalue weighted by atomic mass is 19.4. The van der Waals surface area contributed by atoms with Crippen LogP contribution in [-0.4, -0.2) is 18.2 Å². The van der Waals surface area contributed by atoms with Gasteiger partial charge in [0.15, 0.2) is 0 Å². The molecule has 1 aromatic carbocycles. The number of rotatable bonds is 5. The van der Waals surface area contributed by atoms with Crippen molar-refractivity contribution in [3.05, 3.63) is 53.2 Å². The summed E-state index contributed by atoms with van der Waals surface area (Å²) in [4.78, 5) is 3.94. The maximum absolute atomic E-state index is 12.7. The Morgan fingerprint density at radius 1 is 0.840 bits per heavy atom. The van der Waals surface area contributed by atoms with Crippen molar-refractivity contribution < 1.29 is 35.8 Å². The molecule has 3 nitrogen and oxygen atoms in total. The van der Waals surface area contributed by atoms with Crippen LogP contribution in [-0.2, 0) is 12.4 Å². The molecule has 0 saturated heterocycles. The van der Waals surface area contributed by atoms with Gasteiger partial charge >= 0.3 is 12.4 Å². The molecule has 9 heteroatoms. The normalized spacial score (nSPS) is 12.1. The Hall–Kier alpha value is -2.45. The summed E-state index contributed by atoms with van der Waals surface area (Å²) in [6.07, 6.45) is -8.28. The largest absolute Gasteiger partial charge is 0.490 e. The molecule has 1 aromatic heterocycles. The van der Waals surface area contributed by atoms with Crippen LogP contribution in [0.2, 0.25) is 0 Å². The second-order valence-electron chi connectivity index (χ2n) is 5.11. The van der Waals surface area contributed by atoms with E-state index in [1.807, 2.05) is 6.92 Å². The molecule has 2 aromatic rings. The number of aryl methyl sites for hydroxylation is 1. The third kappa shape index (κ3) is 5.54. The van der Waals surface area contributed by atoms with Crippen molar-refractivity contribution in [1.29, 1.82) is 0 Å². The number of hydrogen-bond donors (Lipinski definition) is 0. The lowest BCUT2D eigenvalue weighted by molar-refractivity contribution is -0.143. The number of benzene rings is 1. The summed E-state index contributed by atoms with van der Waals surface area (Å²) >= 11 is 0. The maximum Gasteiger partial charge on any atom is 0.416 e. The molecule has 2 rings (SSSR count). The summed E-state index contributed by atoms with van der Waals surface area (Å²) in [5.41, 5.74) is -1.95. The molecule has 0 aliphatic carbocycles. The van der Waals surface area contributed by atoms with Gasteiger partial charge < -0.3 is 9.47 Å². The third-order valence-electron chi connectivity index (χ3n) is 3.05. The Morgan fingerprint density at radius 3 is 1.88 bits per heavy atom. The Balaban J connectivity index is 2.04. The third-order valence-corrected chi connectivity index (χ3v) is 3.05. The first-order chi connectivity index (χ1) is 11.6. The van der Waals surface area contributed by atoms with Crippen molar-refractivity contribution in [2.75, 3.05) is 13.2 Å². The van der Waals surface area contributed by atoms with Gasteiger partial charge in [0.05, 0.1) is 11.1 Å². The van der Waals surface area contributed by atoms with Crippen molar-refractivity contribution in [3.8, 4) is 11.6 Å². The molecule has 0 bridgehead atoms. The van der Waals surface area contributed by atoms with E-state index in [9.17, 15) is 26.3 Å². The van der Waals surface area contributed by atoms with Crippen LogP contribution in [0.3, 0.4) is 0 Å². The number of nitrogens with zero attached hydrogens (tertiary/aromatic N) is 1. The fourth-order valence-corrected chi connectivity index (χ4v) is 1.86. The van der Waals surface area contributed by atoms with Gasteiger partial charge in [-0.25, -0.2) is 4.98 Å². The molecule has 1 heterocycles. The monoisotopic (exact) mass is 365 g/mol. The van der Waals surface area contributed by atoms with Gasteiger partial charge in [0, 0.05) is 12.3 Å². The predicted molar refractivity (Wildman–Crippen MR) is 76.4 cm³/mol. The summed E-state index contributed by atoms with van der Waals surface area (Å²) in [6.45, 7) is 1.49. The highest BCUT2D eigenvalue weighted by Gasteiger charge is 2.37. The van der Waals surface area contributed by atoms with E-state index in [1.165, 1.54) is 0 Å². The molecule has 0 N–H and O–H groups in total. The van der Waals surface area contributed by atoms with Crippen LogP contribution in [0.25, 0.3) is 0 Å². The summed E-state index contributed by atoms with van der Waals surface area (Å²) < 4.78 is 86.5. The highest BCUT2D eigenvalue weighted by Crippen LogP contribution is 2.38. The van der Waals surface area contributed by atoms with E-state index in [-0.39, 0.29) is 25.2 Å². The lowest BCUT2D eigenvalue weighted by atomic mass is 10.1. The Bertz CT molecular complexity index is 678. The predicted octanol–water partition coefficient (Wildman–Crippen LogP) is 4.89. The summed E-state index contributed by atoms with van der Waals surface area (Å²) in [5, 5.41) is 0. The number of aromatic nitrogens is 1. The van der Waals surface area contributed by atoms with E-state index in [4.69, 9.17) is 9.47 Å². The quantitative estimate of drug-likeness (QED) is 0.559. The van der Waals surface area contributed by atoms with Gasteiger partial charge in [0.2, 0.25) is 5.88 Å². The van der Waals surface area contributed by atoms with E-state index >= 15 is 0 Å². The minimum Gasteiger partial charge on any atom is -0.490 e. The van der Waals surface area contributed by atoms with E-state index in [0.717, 1.165) is 5.56 Å². The lowest BCUT2D eigenvalue weighted by Crippen LogP contribution is -2.13. The van der Waals surface area contributed by atoms with Gasteiger partial charge in [-0.3, -0.25) is 0 Å². The zero-order chi connectivity index (χ0) is 18.7. The lowest BCUT2D eigenvalue weighted by Gasteiger charge is -2.15. The molecule has 0 atom stereocenters. The van der Waals surface area contributed by atoms with Crippen molar-refractivity contribution in [2.24, 2.45) is 0 Å². The van der Waals surface area contributed by atoms with E-state index in [1.54, 1.807) is 18.3 Å². The average Bonchev–Trinajstić information content (AvgIpc) is 2.51. The number of ether oxygens (including phenoxy) is 2. The van der Waals surface area contributed by atoms with Gasteiger partial charge in [-0.05, 0) is 30.7 Å². The first kappa shape index (κ1) is 18.9. The minimum absolute atomic E-state index is 0.0413. The number of hydrogen-bond acceptors (Lipinski definition) is 3. The SMILES string of the molecule is Cc1ccc(OCCOc2cc(C(F)(F)F)cc(C(F)(F)F)c2)nc1. The average molecular weight is 365 g/mol. The molecule has 0 saturated carbocycles. The molecule has 136 valence electrons. The van der Waals surface area contributed by atoms with Gasteiger partial charge in [0.25, 0.3) is 0 Å². The second-order valence-corrected chi connectivity index (χ2v) is 5.11.